The third-order valence-corrected chi connectivity index (χ3v) is 3.83. The minimum absolute atomic E-state index is 0.0873. The Morgan fingerprint density at radius 2 is 1.80 bits per heavy atom. The lowest BCUT2D eigenvalue weighted by Gasteiger charge is -2.11. The molecule has 0 unspecified atom stereocenters. The highest BCUT2D eigenvalue weighted by atomic mass is 32.2. The second kappa shape index (κ2) is 4.33. The van der Waals surface area contributed by atoms with E-state index in [0.717, 1.165) is 11.1 Å². The molecule has 15 heavy (non-hydrogen) atoms. The summed E-state index contributed by atoms with van der Waals surface area (Å²) in [5.74, 6) is 0. The molecule has 3 nitrogen and oxygen atoms in total. The maximum absolute atomic E-state index is 11.9. The van der Waals surface area contributed by atoms with Crippen molar-refractivity contribution in [2.24, 2.45) is 0 Å². The lowest BCUT2D eigenvalue weighted by molar-refractivity contribution is 0.569. The molecule has 1 aromatic rings. The molecule has 0 radical (unpaired) electrons. The molecule has 84 valence electrons. The van der Waals surface area contributed by atoms with E-state index in [1.54, 1.807) is 19.9 Å². The third-order valence-electron chi connectivity index (χ3n) is 2.01. The number of aryl methyl sites for hydroxylation is 2. The van der Waals surface area contributed by atoms with Gasteiger partial charge in [-0.15, -0.1) is 0 Å². The number of benzene rings is 1. The van der Waals surface area contributed by atoms with Crippen LogP contribution in [0.3, 0.4) is 0 Å². The quantitative estimate of drug-likeness (QED) is 0.858. The first-order valence-electron chi connectivity index (χ1n) is 4.92. The molecule has 0 saturated carbocycles. The van der Waals surface area contributed by atoms with Crippen molar-refractivity contribution in [2.75, 3.05) is 0 Å². The van der Waals surface area contributed by atoms with Crippen molar-refractivity contribution in [1.29, 1.82) is 0 Å². The molecule has 0 aliphatic rings. The number of nitrogens with one attached hydrogen (secondary N) is 1. The Balaban J connectivity index is 3.16. The van der Waals surface area contributed by atoms with Crippen molar-refractivity contribution in [3.05, 3.63) is 29.3 Å². The summed E-state index contributed by atoms with van der Waals surface area (Å²) in [7, 11) is -3.36. The van der Waals surface area contributed by atoms with Crippen molar-refractivity contribution in [1.82, 2.24) is 4.72 Å². The Bertz CT molecular complexity index is 450. The molecular weight excluding hydrogens is 210 g/mol. The fourth-order valence-electron chi connectivity index (χ4n) is 1.47. The van der Waals surface area contributed by atoms with Gasteiger partial charge in [-0.2, -0.15) is 0 Å². The van der Waals surface area contributed by atoms with Gasteiger partial charge in [0.15, 0.2) is 0 Å². The summed E-state index contributed by atoms with van der Waals surface area (Å²) in [6, 6.07) is 5.24. The second-order valence-electron chi connectivity index (χ2n) is 4.04. The maximum atomic E-state index is 11.9. The predicted octanol–water partition coefficient (Wildman–Crippen LogP) is 1.99. The summed E-state index contributed by atoms with van der Waals surface area (Å²) in [6.45, 7) is 7.36. The summed E-state index contributed by atoms with van der Waals surface area (Å²) in [6.07, 6.45) is 0. The fourth-order valence-corrected chi connectivity index (χ4v) is 2.95. The van der Waals surface area contributed by atoms with Crippen molar-refractivity contribution >= 4 is 10.0 Å². The normalized spacial score (nSPS) is 12.1. The van der Waals surface area contributed by atoms with Gasteiger partial charge in [-0.25, -0.2) is 13.1 Å². The van der Waals surface area contributed by atoms with Crippen LogP contribution in [0, 0.1) is 13.8 Å². The van der Waals surface area contributed by atoms with Crippen LogP contribution in [-0.4, -0.2) is 14.5 Å². The van der Waals surface area contributed by atoms with Crippen LogP contribution >= 0.6 is 0 Å². The Kier molecular flexibility index (Phi) is 3.52. The van der Waals surface area contributed by atoms with Gasteiger partial charge >= 0.3 is 0 Å². The van der Waals surface area contributed by atoms with Gasteiger partial charge < -0.3 is 0 Å². The zero-order valence-electron chi connectivity index (χ0n) is 9.53. The summed E-state index contributed by atoms with van der Waals surface area (Å²) in [5, 5.41) is 0. The number of sulfonamides is 1. The van der Waals surface area contributed by atoms with Gasteiger partial charge in [-0.3, -0.25) is 0 Å². The third kappa shape index (κ3) is 3.04. The summed E-state index contributed by atoms with van der Waals surface area (Å²) in [5.41, 5.74) is 1.85. The highest BCUT2D eigenvalue weighted by Gasteiger charge is 2.17. The van der Waals surface area contributed by atoms with Gasteiger partial charge in [0.2, 0.25) is 10.0 Å². The van der Waals surface area contributed by atoms with Crippen LogP contribution in [0.15, 0.2) is 23.1 Å². The Morgan fingerprint density at radius 1 is 1.20 bits per heavy atom. The van der Waals surface area contributed by atoms with Gasteiger partial charge in [0, 0.05) is 6.04 Å². The van der Waals surface area contributed by atoms with E-state index in [1.807, 2.05) is 26.0 Å². The molecule has 0 saturated heterocycles. The zero-order valence-corrected chi connectivity index (χ0v) is 10.4. The van der Waals surface area contributed by atoms with Gasteiger partial charge in [0.25, 0.3) is 0 Å². The Labute approximate surface area is 91.6 Å². The van der Waals surface area contributed by atoms with E-state index in [0.29, 0.717) is 4.90 Å². The van der Waals surface area contributed by atoms with Crippen LogP contribution in [-0.2, 0) is 10.0 Å². The van der Waals surface area contributed by atoms with Gasteiger partial charge in [0.05, 0.1) is 4.90 Å². The maximum Gasteiger partial charge on any atom is 0.241 e. The van der Waals surface area contributed by atoms with Crippen molar-refractivity contribution in [3.63, 3.8) is 0 Å². The van der Waals surface area contributed by atoms with E-state index in [4.69, 9.17) is 0 Å². The molecule has 1 aromatic carbocycles. The molecule has 4 heteroatoms. The molecule has 0 atom stereocenters. The average Bonchev–Trinajstić information content (AvgIpc) is 1.99. The first-order chi connectivity index (χ1) is 6.83. The lowest BCUT2D eigenvalue weighted by Crippen LogP contribution is -2.30. The van der Waals surface area contributed by atoms with E-state index in [-0.39, 0.29) is 6.04 Å². The molecule has 1 rings (SSSR count). The van der Waals surface area contributed by atoms with Gasteiger partial charge in [-0.05, 0) is 39.3 Å². The topological polar surface area (TPSA) is 46.2 Å². The molecular formula is C11H17NO2S. The van der Waals surface area contributed by atoms with Crippen LogP contribution in [0.4, 0.5) is 0 Å². The van der Waals surface area contributed by atoms with Crippen molar-refractivity contribution < 1.29 is 8.42 Å². The molecule has 0 aromatic heterocycles. The van der Waals surface area contributed by atoms with Crippen LogP contribution in [0.1, 0.15) is 25.0 Å². The SMILES string of the molecule is Cc1ccc(S(=O)(=O)NC(C)C)c(C)c1. The van der Waals surface area contributed by atoms with Crippen LogP contribution in [0.5, 0.6) is 0 Å². The highest BCUT2D eigenvalue weighted by Crippen LogP contribution is 2.16. The highest BCUT2D eigenvalue weighted by molar-refractivity contribution is 7.89. The average molecular weight is 227 g/mol. The molecule has 0 spiro atoms. The number of rotatable bonds is 3. The summed E-state index contributed by atoms with van der Waals surface area (Å²) < 4.78 is 26.3. The fraction of sp³-hybridized carbons (Fsp3) is 0.455. The standard InChI is InChI=1S/C11H17NO2S/c1-8(2)12-15(13,14)11-6-5-9(3)7-10(11)4/h5-8,12H,1-4H3. The van der Waals surface area contributed by atoms with E-state index in [2.05, 4.69) is 4.72 Å². The minimum Gasteiger partial charge on any atom is -0.209 e. The lowest BCUT2D eigenvalue weighted by atomic mass is 10.2. The molecule has 1 N–H and O–H groups in total. The van der Waals surface area contributed by atoms with Crippen LogP contribution in [0.2, 0.25) is 0 Å². The number of hydrogen-bond donors (Lipinski definition) is 1. The molecule has 0 aliphatic carbocycles. The molecule has 0 aliphatic heterocycles. The van der Waals surface area contributed by atoms with E-state index < -0.39 is 10.0 Å². The second-order valence-corrected chi connectivity index (χ2v) is 5.73. The van der Waals surface area contributed by atoms with Crippen molar-refractivity contribution in [2.45, 2.75) is 38.6 Å². The van der Waals surface area contributed by atoms with E-state index in [1.165, 1.54) is 0 Å². The summed E-state index contributed by atoms with van der Waals surface area (Å²) >= 11 is 0. The van der Waals surface area contributed by atoms with E-state index >= 15 is 0 Å². The summed E-state index contributed by atoms with van der Waals surface area (Å²) in [4.78, 5) is 0.363. The number of hydrogen-bond acceptors (Lipinski definition) is 2. The Morgan fingerprint density at radius 3 is 2.27 bits per heavy atom. The zero-order chi connectivity index (χ0) is 11.6. The van der Waals surface area contributed by atoms with Crippen molar-refractivity contribution in [3.8, 4) is 0 Å². The molecule has 0 fully saturated rings. The van der Waals surface area contributed by atoms with Gasteiger partial charge in [0.1, 0.15) is 0 Å². The van der Waals surface area contributed by atoms with Crippen LogP contribution in [0.25, 0.3) is 0 Å². The largest absolute Gasteiger partial charge is 0.241 e. The molecule has 0 amide bonds. The van der Waals surface area contributed by atoms with Gasteiger partial charge in [-0.1, -0.05) is 17.7 Å². The first kappa shape index (κ1) is 12.2. The Hall–Kier alpha value is -0.870. The molecule has 0 bridgehead atoms. The van der Waals surface area contributed by atoms with Crippen LogP contribution < -0.4 is 4.72 Å². The minimum atomic E-state index is -3.36. The predicted molar refractivity (Wildman–Crippen MR) is 61.4 cm³/mol. The monoisotopic (exact) mass is 227 g/mol. The smallest absolute Gasteiger partial charge is 0.209 e. The molecule has 0 heterocycles. The van der Waals surface area contributed by atoms with E-state index in [9.17, 15) is 8.42 Å². The first-order valence-corrected chi connectivity index (χ1v) is 6.41.